The molecule has 0 unspecified atom stereocenters. The summed E-state index contributed by atoms with van der Waals surface area (Å²) in [4.78, 5) is 11.9. The maximum absolute atomic E-state index is 12.9. The molecule has 0 aliphatic rings. The maximum Gasteiger partial charge on any atom is 0.172 e. The number of benzene rings is 1. The summed E-state index contributed by atoms with van der Waals surface area (Å²) < 4.78 is 14.5. The van der Waals surface area contributed by atoms with E-state index >= 15 is 0 Å². The van der Waals surface area contributed by atoms with Gasteiger partial charge in [-0.2, -0.15) is 0 Å². The molecule has 0 spiro atoms. The van der Waals surface area contributed by atoms with Crippen molar-refractivity contribution in [2.45, 2.75) is 0 Å². The zero-order chi connectivity index (χ0) is 13.2. The minimum atomic E-state index is -0.322. The number of aldehydes is 1. The minimum Gasteiger partial charge on any atom is -0.296 e. The number of thiophene rings is 1. The van der Waals surface area contributed by atoms with Gasteiger partial charge in [0.2, 0.25) is 0 Å². The highest BCUT2D eigenvalue weighted by Crippen LogP contribution is 2.28. The van der Waals surface area contributed by atoms with E-state index in [9.17, 15) is 9.18 Å². The monoisotopic (exact) mass is 273 g/mol. The lowest BCUT2D eigenvalue weighted by Gasteiger charge is -2.04. The van der Waals surface area contributed by atoms with Gasteiger partial charge in [-0.1, -0.05) is 11.3 Å². The summed E-state index contributed by atoms with van der Waals surface area (Å²) in [6.07, 6.45) is 0.669. The molecule has 0 N–H and O–H groups in total. The second-order valence-electron chi connectivity index (χ2n) is 3.81. The second kappa shape index (κ2) is 4.74. The third-order valence-corrected chi connectivity index (χ3v) is 3.51. The molecular weight excluding hydrogens is 265 g/mol. The van der Waals surface area contributed by atoms with Crippen molar-refractivity contribution < 1.29 is 9.18 Å². The summed E-state index contributed by atoms with van der Waals surface area (Å²) in [5.41, 5.74) is 1.55. The van der Waals surface area contributed by atoms with Gasteiger partial charge in [0.05, 0.1) is 10.6 Å². The molecular formula is C13H8FN3OS. The summed E-state index contributed by atoms with van der Waals surface area (Å²) in [5, 5.41) is 9.72. The standard InChI is InChI=1S/C13H8FN3OS/c14-9-3-5-10(6-4-9)17-13(11(8-18)15-16-17)12-2-1-7-19-12/h1-8H. The minimum absolute atomic E-state index is 0.270. The van der Waals surface area contributed by atoms with Crippen LogP contribution < -0.4 is 0 Å². The topological polar surface area (TPSA) is 47.8 Å². The SMILES string of the molecule is O=Cc1nnn(-c2ccc(F)cc2)c1-c1cccs1. The molecule has 4 nitrogen and oxygen atoms in total. The van der Waals surface area contributed by atoms with Gasteiger partial charge in [-0.25, -0.2) is 9.07 Å². The Kier molecular flexibility index (Phi) is 2.92. The molecule has 1 aromatic carbocycles. The summed E-state index contributed by atoms with van der Waals surface area (Å²) in [7, 11) is 0. The molecule has 0 aliphatic carbocycles. The Morgan fingerprint density at radius 2 is 2.00 bits per heavy atom. The van der Waals surface area contributed by atoms with Gasteiger partial charge in [-0.3, -0.25) is 4.79 Å². The van der Waals surface area contributed by atoms with Crippen molar-refractivity contribution in [2.24, 2.45) is 0 Å². The molecule has 6 heteroatoms. The van der Waals surface area contributed by atoms with Gasteiger partial charge in [-0.05, 0) is 35.7 Å². The Morgan fingerprint density at radius 3 is 2.63 bits per heavy atom. The highest BCUT2D eigenvalue weighted by atomic mass is 32.1. The fourth-order valence-electron chi connectivity index (χ4n) is 1.78. The van der Waals surface area contributed by atoms with Gasteiger partial charge in [-0.15, -0.1) is 16.4 Å². The maximum atomic E-state index is 12.9. The van der Waals surface area contributed by atoms with Crippen LogP contribution in [0.5, 0.6) is 0 Å². The van der Waals surface area contributed by atoms with Gasteiger partial charge >= 0.3 is 0 Å². The van der Waals surface area contributed by atoms with E-state index in [4.69, 9.17) is 0 Å². The number of carbonyl (C=O) groups is 1. The highest BCUT2D eigenvalue weighted by molar-refractivity contribution is 7.13. The highest BCUT2D eigenvalue weighted by Gasteiger charge is 2.16. The van der Waals surface area contributed by atoms with Crippen LogP contribution in [0.4, 0.5) is 4.39 Å². The van der Waals surface area contributed by atoms with Crippen LogP contribution in [0, 0.1) is 5.82 Å². The summed E-state index contributed by atoms with van der Waals surface area (Å²) in [6, 6.07) is 9.64. The first-order valence-electron chi connectivity index (χ1n) is 5.50. The predicted octanol–water partition coefficient (Wildman–Crippen LogP) is 2.95. The van der Waals surface area contributed by atoms with E-state index in [2.05, 4.69) is 10.3 Å². The first-order chi connectivity index (χ1) is 9.29. The predicted molar refractivity (Wildman–Crippen MR) is 70.0 cm³/mol. The Bertz CT molecular complexity index is 704. The fraction of sp³-hybridized carbons (Fsp3) is 0. The van der Waals surface area contributed by atoms with Crippen molar-refractivity contribution in [1.82, 2.24) is 15.0 Å². The zero-order valence-electron chi connectivity index (χ0n) is 9.65. The number of aromatic nitrogens is 3. The molecule has 0 atom stereocenters. The summed E-state index contributed by atoms with van der Waals surface area (Å²) >= 11 is 1.49. The third kappa shape index (κ3) is 2.06. The molecule has 0 radical (unpaired) electrons. The molecule has 0 saturated heterocycles. The smallest absolute Gasteiger partial charge is 0.172 e. The van der Waals surface area contributed by atoms with Crippen molar-refractivity contribution in [3.05, 3.63) is 53.3 Å². The average Bonchev–Trinajstić information content (AvgIpc) is 3.07. The number of halogens is 1. The Morgan fingerprint density at radius 1 is 1.21 bits per heavy atom. The molecule has 0 saturated carbocycles. The first kappa shape index (κ1) is 11.7. The lowest BCUT2D eigenvalue weighted by molar-refractivity contribution is 0.111. The Balaban J connectivity index is 2.19. The van der Waals surface area contributed by atoms with Gasteiger partial charge < -0.3 is 0 Å². The van der Waals surface area contributed by atoms with E-state index in [1.54, 1.807) is 12.1 Å². The van der Waals surface area contributed by atoms with Crippen LogP contribution >= 0.6 is 11.3 Å². The largest absolute Gasteiger partial charge is 0.296 e. The van der Waals surface area contributed by atoms with E-state index in [0.717, 1.165) is 4.88 Å². The Hall–Kier alpha value is -2.34. The van der Waals surface area contributed by atoms with E-state index in [1.807, 2.05) is 17.5 Å². The normalized spacial score (nSPS) is 10.6. The fourth-order valence-corrected chi connectivity index (χ4v) is 2.54. The van der Waals surface area contributed by atoms with Gasteiger partial charge in [0.1, 0.15) is 11.5 Å². The number of hydrogen-bond acceptors (Lipinski definition) is 4. The van der Waals surface area contributed by atoms with Gasteiger partial charge in [0, 0.05) is 0 Å². The molecule has 0 bridgehead atoms. The van der Waals surface area contributed by atoms with E-state index in [0.29, 0.717) is 17.7 Å². The lowest BCUT2D eigenvalue weighted by atomic mass is 10.2. The second-order valence-corrected chi connectivity index (χ2v) is 4.75. The molecule has 2 aromatic heterocycles. The summed E-state index contributed by atoms with van der Waals surface area (Å²) in [5.74, 6) is -0.322. The van der Waals surface area contributed by atoms with Gasteiger partial charge in [0.25, 0.3) is 0 Å². The van der Waals surface area contributed by atoms with Crippen molar-refractivity contribution in [3.8, 4) is 16.3 Å². The van der Waals surface area contributed by atoms with Crippen LogP contribution in [0.15, 0.2) is 41.8 Å². The first-order valence-corrected chi connectivity index (χ1v) is 6.38. The number of carbonyl (C=O) groups excluding carboxylic acids is 1. The van der Waals surface area contributed by atoms with Crippen molar-refractivity contribution in [2.75, 3.05) is 0 Å². The van der Waals surface area contributed by atoms with Crippen molar-refractivity contribution >= 4 is 17.6 Å². The molecule has 3 rings (SSSR count). The Labute approximate surface area is 112 Å². The zero-order valence-corrected chi connectivity index (χ0v) is 10.5. The van der Waals surface area contributed by atoms with E-state index in [1.165, 1.54) is 28.2 Å². The van der Waals surface area contributed by atoms with Crippen molar-refractivity contribution in [1.29, 1.82) is 0 Å². The van der Waals surface area contributed by atoms with Gasteiger partial charge in [0.15, 0.2) is 12.0 Å². The van der Waals surface area contributed by atoms with Crippen LogP contribution in [0.3, 0.4) is 0 Å². The number of hydrogen-bond donors (Lipinski definition) is 0. The van der Waals surface area contributed by atoms with Crippen LogP contribution in [0.25, 0.3) is 16.3 Å². The summed E-state index contributed by atoms with van der Waals surface area (Å²) in [6.45, 7) is 0. The molecule has 3 aromatic rings. The molecule has 0 amide bonds. The molecule has 94 valence electrons. The van der Waals surface area contributed by atoms with E-state index < -0.39 is 0 Å². The van der Waals surface area contributed by atoms with Crippen LogP contribution in [-0.4, -0.2) is 21.3 Å². The van der Waals surface area contributed by atoms with Crippen LogP contribution in [0.1, 0.15) is 10.5 Å². The molecule has 0 fully saturated rings. The quantitative estimate of drug-likeness (QED) is 0.689. The van der Waals surface area contributed by atoms with E-state index in [-0.39, 0.29) is 11.5 Å². The molecule has 2 heterocycles. The van der Waals surface area contributed by atoms with Crippen LogP contribution in [0.2, 0.25) is 0 Å². The average molecular weight is 273 g/mol. The molecule has 19 heavy (non-hydrogen) atoms. The molecule has 0 aliphatic heterocycles. The van der Waals surface area contributed by atoms with Crippen molar-refractivity contribution in [3.63, 3.8) is 0 Å². The number of rotatable bonds is 3. The van der Waals surface area contributed by atoms with Crippen LogP contribution in [-0.2, 0) is 0 Å². The number of nitrogens with zero attached hydrogens (tertiary/aromatic N) is 3. The third-order valence-electron chi connectivity index (χ3n) is 2.63. The lowest BCUT2D eigenvalue weighted by Crippen LogP contribution is -1.99.